The van der Waals surface area contributed by atoms with Crippen molar-refractivity contribution in [3.63, 3.8) is 0 Å². The van der Waals surface area contributed by atoms with Crippen molar-refractivity contribution >= 4 is 51.4 Å². The number of amides is 2. The Hall–Kier alpha value is -3.74. The van der Waals surface area contributed by atoms with Crippen molar-refractivity contribution in [2.75, 3.05) is 13.2 Å². The summed E-state index contributed by atoms with van der Waals surface area (Å²) in [5, 5.41) is 12.7. The molecular formula is C29H22ClNO4S. The van der Waals surface area contributed by atoms with Crippen LogP contribution in [0.5, 0.6) is 11.5 Å². The van der Waals surface area contributed by atoms with Gasteiger partial charge in [0.1, 0.15) is 18.1 Å². The third-order valence-electron chi connectivity index (χ3n) is 5.93. The predicted octanol–water partition coefficient (Wildman–Crippen LogP) is 6.90. The Morgan fingerprint density at radius 3 is 2.58 bits per heavy atom. The number of ether oxygens (including phenoxy) is 1. The summed E-state index contributed by atoms with van der Waals surface area (Å²) >= 11 is 7.14. The summed E-state index contributed by atoms with van der Waals surface area (Å²) in [6.07, 6.45) is 2.13. The van der Waals surface area contributed by atoms with Crippen LogP contribution in [0, 0.1) is 0 Å². The van der Waals surface area contributed by atoms with Gasteiger partial charge >= 0.3 is 0 Å². The van der Waals surface area contributed by atoms with Crippen LogP contribution in [-0.4, -0.2) is 34.3 Å². The Balaban J connectivity index is 1.28. The van der Waals surface area contributed by atoms with E-state index in [9.17, 15) is 14.7 Å². The van der Waals surface area contributed by atoms with Crippen molar-refractivity contribution in [2.45, 2.75) is 6.42 Å². The van der Waals surface area contributed by atoms with Gasteiger partial charge in [-0.3, -0.25) is 14.5 Å². The molecule has 0 aliphatic carbocycles. The van der Waals surface area contributed by atoms with E-state index >= 15 is 0 Å². The van der Waals surface area contributed by atoms with E-state index in [1.165, 1.54) is 4.90 Å². The summed E-state index contributed by atoms with van der Waals surface area (Å²) in [5.41, 5.74) is 2.36. The lowest BCUT2D eigenvalue weighted by molar-refractivity contribution is -0.123. The van der Waals surface area contributed by atoms with Crippen LogP contribution in [0.1, 0.15) is 16.7 Å². The maximum Gasteiger partial charge on any atom is 0.293 e. The molecule has 5 nitrogen and oxygen atoms in total. The van der Waals surface area contributed by atoms with Gasteiger partial charge in [0.25, 0.3) is 11.1 Å². The van der Waals surface area contributed by atoms with Gasteiger partial charge in [-0.15, -0.1) is 0 Å². The van der Waals surface area contributed by atoms with Crippen LogP contribution in [0.3, 0.4) is 0 Å². The highest BCUT2D eigenvalue weighted by Gasteiger charge is 2.35. The molecule has 1 fully saturated rings. The molecule has 2 amide bonds. The van der Waals surface area contributed by atoms with Gasteiger partial charge in [0.05, 0.1) is 11.4 Å². The van der Waals surface area contributed by atoms with Crippen molar-refractivity contribution in [1.29, 1.82) is 0 Å². The number of carbonyl (C=O) groups excluding carboxylic acids is 2. The lowest BCUT2D eigenvalue weighted by atomic mass is 10.0. The second kappa shape index (κ2) is 10.5. The Morgan fingerprint density at radius 2 is 1.72 bits per heavy atom. The van der Waals surface area contributed by atoms with E-state index in [1.54, 1.807) is 18.2 Å². The van der Waals surface area contributed by atoms with Crippen molar-refractivity contribution in [3.05, 3.63) is 112 Å². The summed E-state index contributed by atoms with van der Waals surface area (Å²) in [6.45, 7) is 0.307. The zero-order valence-electron chi connectivity index (χ0n) is 19.2. The Bertz CT molecular complexity index is 1490. The number of fused-ring (bicyclic) bond motifs is 1. The van der Waals surface area contributed by atoms with Gasteiger partial charge in [0.15, 0.2) is 0 Å². The molecule has 0 spiro atoms. The highest BCUT2D eigenvalue weighted by atomic mass is 35.5. The maximum atomic E-state index is 13.0. The number of aromatic hydroxyl groups is 1. The normalized spacial score (nSPS) is 14.7. The molecule has 0 bridgehead atoms. The second-order valence-electron chi connectivity index (χ2n) is 8.32. The van der Waals surface area contributed by atoms with E-state index in [0.29, 0.717) is 22.8 Å². The van der Waals surface area contributed by atoms with E-state index < -0.39 is 5.91 Å². The van der Waals surface area contributed by atoms with Crippen LogP contribution in [0.4, 0.5) is 4.79 Å². The Labute approximate surface area is 218 Å². The van der Waals surface area contributed by atoms with Crippen LogP contribution in [0.2, 0.25) is 5.02 Å². The van der Waals surface area contributed by atoms with Crippen molar-refractivity contribution in [1.82, 2.24) is 4.90 Å². The lowest BCUT2D eigenvalue weighted by Crippen LogP contribution is -2.32. The lowest BCUT2D eigenvalue weighted by Gasteiger charge is -2.14. The van der Waals surface area contributed by atoms with Crippen LogP contribution in [-0.2, 0) is 11.2 Å². The van der Waals surface area contributed by atoms with E-state index in [4.69, 9.17) is 16.3 Å². The summed E-state index contributed by atoms with van der Waals surface area (Å²) in [5.74, 6) is 0.335. The molecule has 1 N–H and O–H groups in total. The molecule has 0 radical (unpaired) electrons. The molecule has 5 rings (SSSR count). The molecule has 0 aromatic heterocycles. The molecule has 7 heteroatoms. The average molecular weight is 516 g/mol. The van der Waals surface area contributed by atoms with Crippen molar-refractivity contribution in [3.8, 4) is 11.5 Å². The number of carbonyl (C=O) groups is 2. The Kier molecular flexibility index (Phi) is 6.98. The van der Waals surface area contributed by atoms with Crippen LogP contribution in [0.25, 0.3) is 16.8 Å². The van der Waals surface area contributed by atoms with Crippen molar-refractivity contribution in [2.24, 2.45) is 0 Å². The summed E-state index contributed by atoms with van der Waals surface area (Å²) < 4.78 is 5.91. The van der Waals surface area contributed by atoms with E-state index in [-0.39, 0.29) is 29.0 Å². The number of hydrogen-bond donors (Lipinski definition) is 1. The Morgan fingerprint density at radius 1 is 0.944 bits per heavy atom. The largest absolute Gasteiger partial charge is 0.507 e. The first-order valence-corrected chi connectivity index (χ1v) is 12.6. The predicted molar refractivity (Wildman–Crippen MR) is 144 cm³/mol. The van der Waals surface area contributed by atoms with Gasteiger partial charge < -0.3 is 9.84 Å². The maximum absolute atomic E-state index is 13.0. The molecule has 0 atom stereocenters. The van der Waals surface area contributed by atoms with Crippen molar-refractivity contribution < 1.29 is 19.4 Å². The fourth-order valence-corrected chi connectivity index (χ4v) is 5.15. The SMILES string of the molecule is O=C1S/C(=C\c2cc(Cc3ccccc3Cl)ccc2O)C(=O)N1CCOc1cccc2ccccc12. The standard InChI is InChI=1S/C29H22ClNO4S/c30-24-10-4-2-7-21(24)16-19-12-13-25(32)22(17-19)18-27-28(33)31(29(34)36-27)14-15-35-26-11-5-8-20-6-1-3-9-23(20)26/h1-13,17-18,32H,14-16H2/b27-18-. The number of phenols is 1. The second-order valence-corrected chi connectivity index (χ2v) is 9.72. The first-order chi connectivity index (χ1) is 17.5. The number of hydrogen-bond acceptors (Lipinski definition) is 5. The zero-order chi connectivity index (χ0) is 25.1. The first kappa shape index (κ1) is 24.0. The number of benzene rings is 4. The molecule has 36 heavy (non-hydrogen) atoms. The fraction of sp³-hybridized carbons (Fsp3) is 0.103. The minimum atomic E-state index is -0.401. The first-order valence-electron chi connectivity index (χ1n) is 11.4. The van der Waals surface area contributed by atoms with Gasteiger partial charge in [-0.25, -0.2) is 0 Å². The van der Waals surface area contributed by atoms with Gasteiger partial charge in [-0.2, -0.15) is 0 Å². The summed E-state index contributed by atoms with van der Waals surface area (Å²) in [7, 11) is 0. The number of nitrogens with zero attached hydrogens (tertiary/aromatic N) is 1. The van der Waals surface area contributed by atoms with Gasteiger partial charge in [0, 0.05) is 16.0 Å². The van der Waals surface area contributed by atoms with Gasteiger partial charge in [-0.1, -0.05) is 72.3 Å². The summed E-state index contributed by atoms with van der Waals surface area (Å²) in [4.78, 5) is 27.0. The van der Waals surface area contributed by atoms with Crippen LogP contribution < -0.4 is 4.74 Å². The monoisotopic (exact) mass is 515 g/mol. The quantitative estimate of drug-likeness (QED) is 0.271. The molecule has 1 heterocycles. The van der Waals surface area contributed by atoms with Crippen LogP contribution >= 0.6 is 23.4 Å². The highest BCUT2D eigenvalue weighted by molar-refractivity contribution is 8.18. The summed E-state index contributed by atoms with van der Waals surface area (Å²) in [6, 6.07) is 26.4. The van der Waals surface area contributed by atoms with Crippen LogP contribution in [0.15, 0.2) is 89.8 Å². The van der Waals surface area contributed by atoms with E-state index in [0.717, 1.165) is 33.7 Å². The third kappa shape index (κ3) is 5.10. The molecule has 180 valence electrons. The molecule has 4 aromatic rings. The number of rotatable bonds is 7. The minimum Gasteiger partial charge on any atom is -0.507 e. The van der Waals surface area contributed by atoms with Gasteiger partial charge in [-0.05, 0) is 65.0 Å². The van der Waals surface area contributed by atoms with E-state index in [2.05, 4.69) is 0 Å². The molecule has 1 aliphatic rings. The zero-order valence-corrected chi connectivity index (χ0v) is 20.8. The number of imide groups is 1. The number of thioether (sulfide) groups is 1. The average Bonchev–Trinajstić information content (AvgIpc) is 3.15. The third-order valence-corrected chi connectivity index (χ3v) is 7.20. The molecule has 0 saturated carbocycles. The molecule has 1 saturated heterocycles. The number of phenolic OH excluding ortho intramolecular Hbond substituents is 1. The molecule has 4 aromatic carbocycles. The fourth-order valence-electron chi connectivity index (χ4n) is 4.09. The molecule has 0 unspecified atom stereocenters. The smallest absolute Gasteiger partial charge is 0.293 e. The van der Waals surface area contributed by atoms with Gasteiger partial charge in [0.2, 0.25) is 0 Å². The molecular weight excluding hydrogens is 494 g/mol. The topological polar surface area (TPSA) is 66.8 Å². The molecule has 1 aliphatic heterocycles. The number of halogens is 1. The minimum absolute atomic E-state index is 0.0315. The van der Waals surface area contributed by atoms with E-state index in [1.807, 2.05) is 72.8 Å². The highest BCUT2D eigenvalue weighted by Crippen LogP contribution is 2.34.